The molecule has 1 atom stereocenters. The fourth-order valence-corrected chi connectivity index (χ4v) is 2.15. The molecule has 6 heteroatoms. The zero-order valence-corrected chi connectivity index (χ0v) is 13.0. The molecule has 0 spiro atoms. The Morgan fingerprint density at radius 1 is 1.23 bits per heavy atom. The molecule has 0 aliphatic carbocycles. The van der Waals surface area contributed by atoms with Crippen molar-refractivity contribution in [2.45, 2.75) is 26.7 Å². The van der Waals surface area contributed by atoms with Gasteiger partial charge in [-0.25, -0.2) is 4.79 Å². The van der Waals surface area contributed by atoms with E-state index < -0.39 is 23.8 Å². The third-order valence-corrected chi connectivity index (χ3v) is 3.14. The summed E-state index contributed by atoms with van der Waals surface area (Å²) in [5.74, 6) is -2.57. The number of methoxy groups -OCH3 is 1. The number of carboxylic acids is 1. The van der Waals surface area contributed by atoms with Crippen LogP contribution in [0.1, 0.15) is 37.0 Å². The summed E-state index contributed by atoms with van der Waals surface area (Å²) in [6.07, 6.45) is 0.282. The fourth-order valence-electron chi connectivity index (χ4n) is 2.15. The highest BCUT2D eigenvalue weighted by Gasteiger charge is 2.23. The Morgan fingerprint density at radius 2 is 1.86 bits per heavy atom. The first-order valence-corrected chi connectivity index (χ1v) is 7.05. The summed E-state index contributed by atoms with van der Waals surface area (Å²) in [4.78, 5) is 34.9. The van der Waals surface area contributed by atoms with E-state index in [1.54, 1.807) is 18.2 Å². The van der Waals surface area contributed by atoms with E-state index in [1.807, 2.05) is 13.8 Å². The van der Waals surface area contributed by atoms with Gasteiger partial charge in [-0.05, 0) is 24.5 Å². The number of ether oxygens (including phenoxy) is 1. The Morgan fingerprint density at radius 3 is 2.41 bits per heavy atom. The number of benzene rings is 1. The number of esters is 1. The van der Waals surface area contributed by atoms with Crippen LogP contribution in [0.4, 0.5) is 5.69 Å². The summed E-state index contributed by atoms with van der Waals surface area (Å²) in [5, 5.41) is 11.7. The summed E-state index contributed by atoms with van der Waals surface area (Å²) in [6, 6.07) is 6.43. The molecule has 6 nitrogen and oxygen atoms in total. The maximum Gasteiger partial charge on any atom is 0.339 e. The Bertz CT molecular complexity index is 553. The topological polar surface area (TPSA) is 92.7 Å². The van der Waals surface area contributed by atoms with Gasteiger partial charge in [0.15, 0.2) is 0 Å². The minimum atomic E-state index is -0.995. The van der Waals surface area contributed by atoms with Gasteiger partial charge in [0.1, 0.15) is 0 Å². The van der Waals surface area contributed by atoms with Crippen molar-refractivity contribution in [3.63, 3.8) is 0 Å². The van der Waals surface area contributed by atoms with Gasteiger partial charge >= 0.3 is 11.9 Å². The lowest BCUT2D eigenvalue weighted by Gasteiger charge is -2.15. The molecule has 0 saturated carbocycles. The zero-order valence-electron chi connectivity index (χ0n) is 13.0. The lowest BCUT2D eigenvalue weighted by atomic mass is 9.94. The van der Waals surface area contributed by atoms with Crippen LogP contribution in [-0.4, -0.2) is 30.1 Å². The zero-order chi connectivity index (χ0) is 16.7. The minimum Gasteiger partial charge on any atom is -0.481 e. The van der Waals surface area contributed by atoms with Crippen LogP contribution in [0.3, 0.4) is 0 Å². The molecule has 1 rings (SSSR count). The number of aliphatic carboxylic acids is 1. The molecule has 0 aliphatic heterocycles. The number of para-hydroxylation sites is 1. The van der Waals surface area contributed by atoms with Crippen LogP contribution in [0, 0.1) is 11.8 Å². The van der Waals surface area contributed by atoms with Gasteiger partial charge in [0, 0.05) is 6.42 Å². The molecule has 0 saturated heterocycles. The van der Waals surface area contributed by atoms with Crippen LogP contribution in [0.2, 0.25) is 0 Å². The average molecular weight is 307 g/mol. The predicted molar refractivity (Wildman–Crippen MR) is 81.6 cm³/mol. The molecule has 1 aromatic carbocycles. The van der Waals surface area contributed by atoms with E-state index >= 15 is 0 Å². The van der Waals surface area contributed by atoms with Crippen LogP contribution in [0.5, 0.6) is 0 Å². The van der Waals surface area contributed by atoms with E-state index in [-0.39, 0.29) is 17.9 Å². The van der Waals surface area contributed by atoms with Crippen LogP contribution < -0.4 is 5.32 Å². The normalized spacial score (nSPS) is 11.8. The molecular weight excluding hydrogens is 286 g/mol. The number of carbonyl (C=O) groups is 3. The Labute approximate surface area is 129 Å². The number of carboxylic acid groups (broad SMARTS) is 1. The molecule has 1 amide bonds. The molecular formula is C16H21NO5. The van der Waals surface area contributed by atoms with E-state index in [0.717, 1.165) is 0 Å². The van der Waals surface area contributed by atoms with Crippen LogP contribution in [0.15, 0.2) is 24.3 Å². The van der Waals surface area contributed by atoms with Gasteiger partial charge in [-0.1, -0.05) is 26.0 Å². The standard InChI is InChI=1S/C16H21NO5/c1-10(2)8-11(15(19)20)9-14(18)17-13-7-5-4-6-12(13)16(21)22-3/h4-7,10-11H,8-9H2,1-3H3,(H,17,18)(H,19,20). The van der Waals surface area contributed by atoms with Gasteiger partial charge in [-0.3, -0.25) is 9.59 Å². The molecule has 2 N–H and O–H groups in total. The smallest absolute Gasteiger partial charge is 0.339 e. The SMILES string of the molecule is COC(=O)c1ccccc1NC(=O)CC(CC(C)C)C(=O)O. The van der Waals surface area contributed by atoms with Gasteiger partial charge in [-0.2, -0.15) is 0 Å². The molecule has 1 unspecified atom stereocenters. The molecule has 0 aromatic heterocycles. The Hall–Kier alpha value is -2.37. The van der Waals surface area contributed by atoms with Gasteiger partial charge in [0.25, 0.3) is 0 Å². The monoisotopic (exact) mass is 307 g/mol. The predicted octanol–water partition coefficient (Wildman–Crippen LogP) is 2.55. The first-order valence-electron chi connectivity index (χ1n) is 7.05. The van der Waals surface area contributed by atoms with Gasteiger partial charge in [0.05, 0.1) is 24.3 Å². The maximum atomic E-state index is 12.0. The first-order chi connectivity index (χ1) is 10.3. The van der Waals surface area contributed by atoms with Crippen molar-refractivity contribution < 1.29 is 24.2 Å². The van der Waals surface area contributed by atoms with Crippen LogP contribution in [0.25, 0.3) is 0 Å². The van der Waals surface area contributed by atoms with E-state index in [9.17, 15) is 14.4 Å². The molecule has 1 aromatic rings. The number of hydrogen-bond donors (Lipinski definition) is 2. The number of rotatable bonds is 7. The summed E-state index contributed by atoms with van der Waals surface area (Å²) in [7, 11) is 1.25. The van der Waals surface area contributed by atoms with E-state index in [0.29, 0.717) is 12.1 Å². The highest BCUT2D eigenvalue weighted by Crippen LogP contribution is 2.19. The highest BCUT2D eigenvalue weighted by atomic mass is 16.5. The van der Waals surface area contributed by atoms with Crippen molar-refractivity contribution in [1.29, 1.82) is 0 Å². The van der Waals surface area contributed by atoms with Crippen molar-refractivity contribution in [3.05, 3.63) is 29.8 Å². The second-order valence-electron chi connectivity index (χ2n) is 5.45. The van der Waals surface area contributed by atoms with E-state index in [1.165, 1.54) is 13.2 Å². The fraction of sp³-hybridized carbons (Fsp3) is 0.438. The second-order valence-corrected chi connectivity index (χ2v) is 5.45. The van der Waals surface area contributed by atoms with Crippen LogP contribution in [-0.2, 0) is 14.3 Å². The number of anilines is 1. The molecule has 0 aliphatic rings. The third-order valence-electron chi connectivity index (χ3n) is 3.14. The maximum absolute atomic E-state index is 12.0. The largest absolute Gasteiger partial charge is 0.481 e. The Kier molecular flexibility index (Phi) is 6.56. The van der Waals surface area contributed by atoms with Crippen molar-refractivity contribution in [2.75, 3.05) is 12.4 Å². The number of amides is 1. The molecule has 120 valence electrons. The lowest BCUT2D eigenvalue weighted by Crippen LogP contribution is -2.24. The molecule has 0 fully saturated rings. The first kappa shape index (κ1) is 17.7. The molecule has 22 heavy (non-hydrogen) atoms. The van der Waals surface area contributed by atoms with E-state index in [2.05, 4.69) is 10.1 Å². The number of carbonyl (C=O) groups excluding carboxylic acids is 2. The molecule has 0 heterocycles. The Balaban J connectivity index is 2.80. The number of hydrogen-bond acceptors (Lipinski definition) is 4. The summed E-state index contributed by atoms with van der Waals surface area (Å²) < 4.78 is 4.65. The van der Waals surface area contributed by atoms with Crippen molar-refractivity contribution in [3.8, 4) is 0 Å². The second kappa shape index (κ2) is 8.17. The van der Waals surface area contributed by atoms with Crippen molar-refractivity contribution in [2.24, 2.45) is 11.8 Å². The third kappa shape index (κ3) is 5.20. The number of nitrogens with one attached hydrogen (secondary N) is 1. The van der Waals surface area contributed by atoms with Crippen molar-refractivity contribution in [1.82, 2.24) is 0 Å². The quantitative estimate of drug-likeness (QED) is 0.755. The van der Waals surface area contributed by atoms with E-state index in [4.69, 9.17) is 5.11 Å². The molecule has 0 radical (unpaired) electrons. The van der Waals surface area contributed by atoms with Crippen LogP contribution >= 0.6 is 0 Å². The minimum absolute atomic E-state index is 0.136. The average Bonchev–Trinajstić information content (AvgIpc) is 2.45. The van der Waals surface area contributed by atoms with Gasteiger partial charge in [-0.15, -0.1) is 0 Å². The summed E-state index contributed by atoms with van der Waals surface area (Å²) in [5.41, 5.74) is 0.544. The summed E-state index contributed by atoms with van der Waals surface area (Å²) in [6.45, 7) is 3.81. The summed E-state index contributed by atoms with van der Waals surface area (Å²) >= 11 is 0. The van der Waals surface area contributed by atoms with Crippen molar-refractivity contribution >= 4 is 23.5 Å². The van der Waals surface area contributed by atoms with Gasteiger partial charge in [0.2, 0.25) is 5.91 Å². The lowest BCUT2D eigenvalue weighted by molar-refractivity contribution is -0.144. The van der Waals surface area contributed by atoms with Gasteiger partial charge < -0.3 is 15.2 Å². The molecule has 0 bridgehead atoms. The highest BCUT2D eigenvalue weighted by molar-refractivity contribution is 6.01.